The summed E-state index contributed by atoms with van der Waals surface area (Å²) in [5, 5.41) is 8.58. The van der Waals surface area contributed by atoms with E-state index < -0.39 is 0 Å². The molecule has 98 valence electrons. The molecule has 0 saturated carbocycles. The molecule has 0 aliphatic heterocycles. The lowest BCUT2D eigenvalue weighted by atomic mass is 10.2. The quantitative estimate of drug-likeness (QED) is 0.796. The van der Waals surface area contributed by atoms with Gasteiger partial charge in [0.25, 0.3) is 0 Å². The smallest absolute Gasteiger partial charge is 0.184 e. The van der Waals surface area contributed by atoms with Crippen molar-refractivity contribution in [2.45, 2.75) is 20.4 Å². The molecule has 0 saturated heterocycles. The van der Waals surface area contributed by atoms with Crippen LogP contribution in [0.25, 0.3) is 10.2 Å². The van der Waals surface area contributed by atoms with Gasteiger partial charge in [-0.2, -0.15) is 5.10 Å². The number of aromatic nitrogens is 3. The standard InChI is InChI=1S/C14H16N4S/c1-9-4-5-13-12(6-9)17-14(19-13)15-7-11-8-16-18(3)10(11)2/h4-6,8H,7H2,1-3H3,(H,15,17). The molecule has 0 amide bonds. The van der Waals surface area contributed by atoms with Crippen LogP contribution in [0.2, 0.25) is 0 Å². The van der Waals surface area contributed by atoms with Crippen molar-refractivity contribution in [3.05, 3.63) is 41.2 Å². The Balaban J connectivity index is 1.80. The van der Waals surface area contributed by atoms with E-state index in [-0.39, 0.29) is 0 Å². The van der Waals surface area contributed by atoms with Crippen LogP contribution in [0.5, 0.6) is 0 Å². The molecule has 1 N–H and O–H groups in total. The van der Waals surface area contributed by atoms with Crippen LogP contribution in [0.15, 0.2) is 24.4 Å². The van der Waals surface area contributed by atoms with Crippen molar-refractivity contribution in [2.75, 3.05) is 5.32 Å². The molecule has 0 radical (unpaired) electrons. The highest BCUT2D eigenvalue weighted by Crippen LogP contribution is 2.26. The second kappa shape index (κ2) is 4.66. The van der Waals surface area contributed by atoms with Crippen LogP contribution >= 0.6 is 11.3 Å². The third kappa shape index (κ3) is 2.33. The predicted molar refractivity (Wildman–Crippen MR) is 79.6 cm³/mol. The van der Waals surface area contributed by atoms with Gasteiger partial charge in [0, 0.05) is 24.8 Å². The predicted octanol–water partition coefficient (Wildman–Crippen LogP) is 3.26. The Kier molecular flexibility index (Phi) is 2.98. The van der Waals surface area contributed by atoms with E-state index >= 15 is 0 Å². The van der Waals surface area contributed by atoms with Gasteiger partial charge < -0.3 is 5.32 Å². The number of rotatable bonds is 3. The first-order valence-corrected chi connectivity index (χ1v) is 7.03. The molecule has 0 aliphatic carbocycles. The highest BCUT2D eigenvalue weighted by Gasteiger charge is 2.06. The number of fused-ring (bicyclic) bond motifs is 1. The first-order valence-electron chi connectivity index (χ1n) is 6.22. The molecule has 2 heterocycles. The van der Waals surface area contributed by atoms with E-state index in [4.69, 9.17) is 0 Å². The van der Waals surface area contributed by atoms with Gasteiger partial charge in [0.1, 0.15) is 0 Å². The van der Waals surface area contributed by atoms with Gasteiger partial charge in [-0.05, 0) is 31.5 Å². The molecule has 3 rings (SSSR count). The zero-order valence-corrected chi connectivity index (χ0v) is 12.1. The van der Waals surface area contributed by atoms with E-state index in [0.717, 1.165) is 17.2 Å². The van der Waals surface area contributed by atoms with Gasteiger partial charge >= 0.3 is 0 Å². The maximum absolute atomic E-state index is 4.61. The minimum Gasteiger partial charge on any atom is -0.357 e. The number of anilines is 1. The highest BCUT2D eigenvalue weighted by molar-refractivity contribution is 7.22. The SMILES string of the molecule is Cc1ccc2sc(NCc3cnn(C)c3C)nc2c1. The molecule has 0 bridgehead atoms. The summed E-state index contributed by atoms with van der Waals surface area (Å²) in [7, 11) is 1.96. The van der Waals surface area contributed by atoms with Crippen LogP contribution in [0, 0.1) is 13.8 Å². The van der Waals surface area contributed by atoms with Crippen molar-refractivity contribution >= 4 is 26.7 Å². The van der Waals surface area contributed by atoms with Gasteiger partial charge in [-0.1, -0.05) is 17.4 Å². The molecule has 1 aromatic carbocycles. The average Bonchev–Trinajstić information content (AvgIpc) is 2.92. The third-order valence-corrected chi connectivity index (χ3v) is 4.30. The number of aryl methyl sites for hydroxylation is 2. The van der Waals surface area contributed by atoms with E-state index in [1.54, 1.807) is 11.3 Å². The number of hydrogen-bond acceptors (Lipinski definition) is 4. The van der Waals surface area contributed by atoms with Gasteiger partial charge in [-0.15, -0.1) is 0 Å². The molecule has 0 fully saturated rings. The number of benzene rings is 1. The van der Waals surface area contributed by atoms with Crippen LogP contribution in [0.4, 0.5) is 5.13 Å². The average molecular weight is 272 g/mol. The molecule has 2 aromatic heterocycles. The van der Waals surface area contributed by atoms with Crippen LogP contribution < -0.4 is 5.32 Å². The fourth-order valence-corrected chi connectivity index (χ4v) is 2.84. The van der Waals surface area contributed by atoms with E-state index in [2.05, 4.69) is 47.4 Å². The highest BCUT2D eigenvalue weighted by atomic mass is 32.1. The van der Waals surface area contributed by atoms with Crippen molar-refractivity contribution in [1.82, 2.24) is 14.8 Å². The van der Waals surface area contributed by atoms with Crippen molar-refractivity contribution in [2.24, 2.45) is 7.05 Å². The van der Waals surface area contributed by atoms with Gasteiger partial charge in [-0.3, -0.25) is 4.68 Å². The van der Waals surface area contributed by atoms with Crippen molar-refractivity contribution in [3.8, 4) is 0 Å². The summed E-state index contributed by atoms with van der Waals surface area (Å²) in [5.41, 5.74) is 4.70. The molecule has 4 nitrogen and oxygen atoms in total. The summed E-state index contributed by atoms with van der Waals surface area (Å²) >= 11 is 1.69. The van der Waals surface area contributed by atoms with E-state index in [0.29, 0.717) is 0 Å². The molecule has 0 unspecified atom stereocenters. The molecular weight excluding hydrogens is 256 g/mol. The minimum atomic E-state index is 0.762. The second-order valence-electron chi connectivity index (χ2n) is 4.72. The summed E-state index contributed by atoms with van der Waals surface area (Å²) in [6, 6.07) is 6.37. The maximum Gasteiger partial charge on any atom is 0.184 e. The molecule has 0 spiro atoms. The van der Waals surface area contributed by atoms with Crippen LogP contribution in [-0.2, 0) is 13.6 Å². The van der Waals surface area contributed by atoms with E-state index in [9.17, 15) is 0 Å². The lowest BCUT2D eigenvalue weighted by molar-refractivity contribution is 0.738. The van der Waals surface area contributed by atoms with Gasteiger partial charge in [-0.25, -0.2) is 4.98 Å². The molecule has 0 atom stereocenters. The summed E-state index contributed by atoms with van der Waals surface area (Å²) in [5.74, 6) is 0. The molecule has 0 aliphatic rings. The Morgan fingerprint density at radius 3 is 2.89 bits per heavy atom. The fourth-order valence-electron chi connectivity index (χ4n) is 2.00. The van der Waals surface area contributed by atoms with Crippen molar-refractivity contribution < 1.29 is 0 Å². The fraction of sp³-hybridized carbons (Fsp3) is 0.286. The second-order valence-corrected chi connectivity index (χ2v) is 5.75. The molecular formula is C14H16N4S. The number of nitrogens with zero attached hydrogens (tertiary/aromatic N) is 3. The Labute approximate surface area is 116 Å². The van der Waals surface area contributed by atoms with Crippen LogP contribution in [0.1, 0.15) is 16.8 Å². The van der Waals surface area contributed by atoms with E-state index in [1.807, 2.05) is 17.9 Å². The Morgan fingerprint density at radius 1 is 1.32 bits per heavy atom. The summed E-state index contributed by atoms with van der Waals surface area (Å²) in [4.78, 5) is 4.61. The topological polar surface area (TPSA) is 42.7 Å². The summed E-state index contributed by atoms with van der Waals surface area (Å²) in [6.07, 6.45) is 1.90. The Morgan fingerprint density at radius 2 is 2.16 bits per heavy atom. The number of nitrogens with one attached hydrogen (secondary N) is 1. The van der Waals surface area contributed by atoms with Crippen LogP contribution in [0.3, 0.4) is 0 Å². The van der Waals surface area contributed by atoms with Crippen molar-refractivity contribution in [1.29, 1.82) is 0 Å². The lowest BCUT2D eigenvalue weighted by Gasteiger charge is -2.01. The number of thiazole rings is 1. The Bertz CT molecular complexity index is 726. The zero-order chi connectivity index (χ0) is 13.4. The third-order valence-electron chi connectivity index (χ3n) is 3.31. The monoisotopic (exact) mass is 272 g/mol. The Hall–Kier alpha value is -1.88. The largest absolute Gasteiger partial charge is 0.357 e. The zero-order valence-electron chi connectivity index (χ0n) is 11.3. The molecule has 5 heteroatoms. The minimum absolute atomic E-state index is 0.762. The summed E-state index contributed by atoms with van der Waals surface area (Å²) < 4.78 is 3.11. The normalized spacial score (nSPS) is 11.1. The van der Waals surface area contributed by atoms with Gasteiger partial charge in [0.2, 0.25) is 0 Å². The van der Waals surface area contributed by atoms with Gasteiger partial charge in [0.15, 0.2) is 5.13 Å². The molecule has 3 aromatic rings. The van der Waals surface area contributed by atoms with E-state index in [1.165, 1.54) is 21.5 Å². The lowest BCUT2D eigenvalue weighted by Crippen LogP contribution is -2.00. The summed E-state index contributed by atoms with van der Waals surface area (Å²) in [6.45, 7) is 4.93. The van der Waals surface area contributed by atoms with Crippen LogP contribution in [-0.4, -0.2) is 14.8 Å². The first kappa shape index (κ1) is 12.2. The number of hydrogen-bond donors (Lipinski definition) is 1. The molecule has 19 heavy (non-hydrogen) atoms. The maximum atomic E-state index is 4.61. The van der Waals surface area contributed by atoms with Crippen molar-refractivity contribution in [3.63, 3.8) is 0 Å². The van der Waals surface area contributed by atoms with Gasteiger partial charge in [0.05, 0.1) is 16.4 Å². The first-order chi connectivity index (χ1) is 9.13.